The topological polar surface area (TPSA) is 85.4 Å². The molecule has 0 bridgehead atoms. The van der Waals surface area contributed by atoms with Crippen LogP contribution in [0.1, 0.15) is 12.5 Å². The Hall–Kier alpha value is -3.43. The van der Waals surface area contributed by atoms with E-state index in [9.17, 15) is 14.4 Å². The molecule has 3 fully saturated rings. The molecule has 0 aromatic heterocycles. The van der Waals surface area contributed by atoms with Gasteiger partial charge in [0, 0.05) is 39.3 Å². The molecule has 0 radical (unpaired) electrons. The van der Waals surface area contributed by atoms with Gasteiger partial charge in [0.2, 0.25) is 17.7 Å². The molecule has 3 amide bonds. The molecule has 1 N–H and O–H groups in total. The third-order valence-electron chi connectivity index (χ3n) is 7.83. The van der Waals surface area contributed by atoms with Crippen LogP contribution in [0.2, 0.25) is 0 Å². The Balaban J connectivity index is 1.22. The number of para-hydroxylation sites is 1. The Morgan fingerprint density at radius 3 is 2.27 bits per heavy atom. The minimum Gasteiger partial charge on any atom is -0.497 e. The average Bonchev–Trinajstić information content (AvgIpc) is 3.29. The van der Waals surface area contributed by atoms with Gasteiger partial charge in [-0.15, -0.1) is 0 Å². The smallest absolute Gasteiger partial charge is 0.247 e. The van der Waals surface area contributed by atoms with Gasteiger partial charge >= 0.3 is 0 Å². The maximum Gasteiger partial charge on any atom is 0.247 e. The second-order valence-electron chi connectivity index (χ2n) is 9.96. The second-order valence-corrected chi connectivity index (χ2v) is 9.96. The highest BCUT2D eigenvalue weighted by Crippen LogP contribution is 2.32. The number of piperidine rings is 1. The first kappa shape index (κ1) is 25.2. The lowest BCUT2D eigenvalue weighted by atomic mass is 9.83. The van der Waals surface area contributed by atoms with Crippen LogP contribution in [0, 0.1) is 11.8 Å². The van der Waals surface area contributed by atoms with Gasteiger partial charge in [-0.3, -0.25) is 14.4 Å². The van der Waals surface area contributed by atoms with Crippen molar-refractivity contribution in [2.45, 2.75) is 19.4 Å². The Bertz CT molecular complexity index is 1120. The van der Waals surface area contributed by atoms with Crippen LogP contribution in [0.3, 0.4) is 0 Å². The van der Waals surface area contributed by atoms with Gasteiger partial charge in [-0.05, 0) is 36.4 Å². The van der Waals surface area contributed by atoms with Gasteiger partial charge in [-0.25, -0.2) is 10.4 Å². The van der Waals surface area contributed by atoms with Crippen molar-refractivity contribution in [2.75, 3.05) is 57.9 Å². The lowest BCUT2D eigenvalue weighted by molar-refractivity contribution is -0.144. The van der Waals surface area contributed by atoms with E-state index >= 15 is 0 Å². The predicted molar refractivity (Wildman–Crippen MR) is 140 cm³/mol. The van der Waals surface area contributed by atoms with Crippen LogP contribution < -0.4 is 15.2 Å². The molecule has 9 heteroatoms. The van der Waals surface area contributed by atoms with Crippen molar-refractivity contribution < 1.29 is 19.1 Å². The van der Waals surface area contributed by atoms with E-state index in [1.807, 2.05) is 64.4 Å². The molecule has 2 aromatic carbocycles. The largest absolute Gasteiger partial charge is 0.497 e. The number of anilines is 1. The van der Waals surface area contributed by atoms with Crippen LogP contribution >= 0.6 is 0 Å². The van der Waals surface area contributed by atoms with E-state index in [1.54, 1.807) is 12.1 Å². The molecular weight excluding hydrogens is 470 g/mol. The van der Waals surface area contributed by atoms with E-state index in [-0.39, 0.29) is 35.6 Å². The van der Waals surface area contributed by atoms with Crippen LogP contribution in [0.5, 0.6) is 5.75 Å². The molecular formula is C28H35N5O4. The van der Waals surface area contributed by atoms with Gasteiger partial charge < -0.3 is 19.4 Å². The summed E-state index contributed by atoms with van der Waals surface area (Å²) in [5.74, 6) is 0.314. The summed E-state index contributed by atoms with van der Waals surface area (Å²) < 4.78 is 5.19. The van der Waals surface area contributed by atoms with E-state index < -0.39 is 0 Å². The summed E-state index contributed by atoms with van der Waals surface area (Å²) >= 11 is 0. The van der Waals surface area contributed by atoms with Gasteiger partial charge in [-0.2, -0.15) is 0 Å². The molecule has 9 nitrogen and oxygen atoms in total. The Kier molecular flexibility index (Phi) is 7.43. The number of amides is 3. The first-order valence-corrected chi connectivity index (χ1v) is 13.1. The number of nitrogens with zero attached hydrogens (tertiary/aromatic N) is 4. The number of likely N-dealkylation sites (tertiary alicyclic amines) is 1. The summed E-state index contributed by atoms with van der Waals surface area (Å²) in [5.41, 5.74) is 5.11. The standard InChI is InChI=1S/C28H35N5O4/c1-3-30-18-23(26-24(19-30)28(36)33(29-26)21-7-5-4-6-8-21)27(35)32-15-13-31(14-16-32)25(34)17-20-9-11-22(37-2)12-10-20/h4-12,23-24,26,29H,3,13-19H2,1-2H3. The molecule has 5 rings (SSSR count). The van der Waals surface area contributed by atoms with Crippen molar-refractivity contribution >= 4 is 23.4 Å². The number of carbonyl (C=O) groups excluding carboxylic acids is 3. The number of hydrazine groups is 1. The number of hydrogen-bond acceptors (Lipinski definition) is 6. The fraction of sp³-hybridized carbons (Fsp3) is 0.464. The van der Waals surface area contributed by atoms with Crippen molar-refractivity contribution in [1.82, 2.24) is 20.1 Å². The Morgan fingerprint density at radius 2 is 1.62 bits per heavy atom. The normalized spacial score (nSPS) is 24.2. The zero-order valence-electron chi connectivity index (χ0n) is 21.5. The number of rotatable bonds is 6. The minimum atomic E-state index is -0.321. The van der Waals surface area contributed by atoms with E-state index in [1.165, 1.54) is 0 Å². The van der Waals surface area contributed by atoms with Crippen molar-refractivity contribution in [3.8, 4) is 5.75 Å². The van der Waals surface area contributed by atoms with E-state index in [4.69, 9.17) is 4.74 Å². The average molecular weight is 506 g/mol. The lowest BCUT2D eigenvalue weighted by Crippen LogP contribution is -2.60. The molecule has 37 heavy (non-hydrogen) atoms. The molecule has 3 aliphatic heterocycles. The molecule has 3 unspecified atom stereocenters. The molecule has 3 aliphatic rings. The van der Waals surface area contributed by atoms with Crippen LogP contribution in [-0.2, 0) is 20.8 Å². The van der Waals surface area contributed by atoms with Crippen LogP contribution in [-0.4, -0.2) is 91.4 Å². The van der Waals surface area contributed by atoms with Crippen molar-refractivity contribution in [1.29, 1.82) is 0 Å². The van der Waals surface area contributed by atoms with Crippen molar-refractivity contribution in [3.05, 3.63) is 60.2 Å². The summed E-state index contributed by atoms with van der Waals surface area (Å²) in [7, 11) is 1.62. The van der Waals surface area contributed by atoms with Crippen LogP contribution in [0.4, 0.5) is 5.69 Å². The summed E-state index contributed by atoms with van der Waals surface area (Å²) in [6.07, 6.45) is 0.330. The van der Waals surface area contributed by atoms with Crippen molar-refractivity contribution in [2.24, 2.45) is 11.8 Å². The maximum atomic E-state index is 13.7. The molecule has 196 valence electrons. The fourth-order valence-electron chi connectivity index (χ4n) is 5.64. The lowest BCUT2D eigenvalue weighted by Gasteiger charge is -2.42. The quantitative estimate of drug-likeness (QED) is 0.639. The molecule has 0 aliphatic carbocycles. The van der Waals surface area contributed by atoms with Gasteiger partial charge in [0.25, 0.3) is 0 Å². The third-order valence-corrected chi connectivity index (χ3v) is 7.83. The first-order chi connectivity index (χ1) is 18.0. The van der Waals surface area contributed by atoms with Crippen LogP contribution in [0.25, 0.3) is 0 Å². The Morgan fingerprint density at radius 1 is 0.946 bits per heavy atom. The highest BCUT2D eigenvalue weighted by atomic mass is 16.5. The SMILES string of the molecule is CCN1CC(C(=O)N2CCN(C(=O)Cc3ccc(OC)cc3)CC2)C2NN(c3ccccc3)C(=O)C2C1. The number of fused-ring (bicyclic) bond motifs is 1. The number of piperazine rings is 1. The van der Waals surface area contributed by atoms with E-state index in [2.05, 4.69) is 17.2 Å². The first-order valence-electron chi connectivity index (χ1n) is 13.1. The molecule has 0 spiro atoms. The van der Waals surface area contributed by atoms with Gasteiger partial charge in [0.05, 0.1) is 37.1 Å². The van der Waals surface area contributed by atoms with Crippen molar-refractivity contribution in [3.63, 3.8) is 0 Å². The second kappa shape index (κ2) is 10.9. The molecule has 3 heterocycles. The summed E-state index contributed by atoms with van der Waals surface area (Å²) in [6, 6.07) is 16.8. The van der Waals surface area contributed by atoms with Gasteiger partial charge in [-0.1, -0.05) is 37.3 Å². The predicted octanol–water partition coefficient (Wildman–Crippen LogP) is 1.40. The number of ether oxygens (including phenoxy) is 1. The highest BCUT2D eigenvalue weighted by Gasteiger charge is 2.51. The third kappa shape index (κ3) is 5.19. The highest BCUT2D eigenvalue weighted by molar-refractivity contribution is 5.98. The minimum absolute atomic E-state index is 0.0149. The molecule has 3 saturated heterocycles. The fourth-order valence-corrected chi connectivity index (χ4v) is 5.64. The van der Waals surface area contributed by atoms with E-state index in [0.717, 1.165) is 23.5 Å². The Labute approximate surface area is 217 Å². The van der Waals surface area contributed by atoms with Gasteiger partial charge in [0.15, 0.2) is 0 Å². The summed E-state index contributed by atoms with van der Waals surface area (Å²) in [6.45, 7) is 6.16. The number of nitrogens with one attached hydrogen (secondary N) is 1. The molecule has 3 atom stereocenters. The summed E-state index contributed by atoms with van der Waals surface area (Å²) in [5, 5.41) is 1.62. The van der Waals surface area contributed by atoms with Crippen LogP contribution in [0.15, 0.2) is 54.6 Å². The number of benzene rings is 2. The maximum absolute atomic E-state index is 13.7. The molecule has 2 aromatic rings. The zero-order chi connectivity index (χ0) is 25.9. The zero-order valence-corrected chi connectivity index (χ0v) is 21.5. The van der Waals surface area contributed by atoms with Gasteiger partial charge in [0.1, 0.15) is 5.75 Å². The van der Waals surface area contributed by atoms with E-state index in [0.29, 0.717) is 45.7 Å². The molecule has 0 saturated carbocycles. The monoisotopic (exact) mass is 505 g/mol. The number of carbonyl (C=O) groups is 3. The number of methoxy groups -OCH3 is 1. The number of hydrogen-bond donors (Lipinski definition) is 1. The summed E-state index contributed by atoms with van der Waals surface area (Å²) in [4.78, 5) is 45.8.